The van der Waals surface area contributed by atoms with Gasteiger partial charge in [-0.25, -0.2) is 0 Å². The number of rotatable bonds is 4. The van der Waals surface area contributed by atoms with Gasteiger partial charge in [-0.1, -0.05) is 48.5 Å². The number of ether oxygens (including phenoxy) is 1. The molecule has 3 aromatic carbocycles. The molecule has 7 heteroatoms. The van der Waals surface area contributed by atoms with Crippen molar-refractivity contribution in [1.29, 1.82) is 0 Å². The van der Waals surface area contributed by atoms with Crippen molar-refractivity contribution in [2.24, 2.45) is 4.99 Å². The highest BCUT2D eigenvalue weighted by Gasteiger charge is 2.29. The molecule has 1 aliphatic rings. The number of fused-ring (bicyclic) bond motifs is 3. The number of methoxy groups -OCH3 is 1. The van der Waals surface area contributed by atoms with E-state index >= 15 is 0 Å². The predicted molar refractivity (Wildman–Crippen MR) is 121 cm³/mol. The molecule has 4 aromatic rings. The highest BCUT2D eigenvalue weighted by Crippen LogP contribution is 2.29. The van der Waals surface area contributed by atoms with E-state index < -0.39 is 6.17 Å². The standard InChI is InChI=1S/C25H21N5O2/c1-16-28-29-24-23(27-25(31)18-12-14-19(32-2)15-13-18)26-22(17-8-4-3-5-9-17)20-10-6-7-11-21(20)30(16)24/h3-15,23H,1-2H3,(H,27,31). The van der Waals surface area contributed by atoms with Crippen molar-refractivity contribution in [2.45, 2.75) is 13.1 Å². The molecule has 1 amide bonds. The zero-order valence-electron chi connectivity index (χ0n) is 17.7. The van der Waals surface area contributed by atoms with Crippen molar-refractivity contribution in [2.75, 3.05) is 7.11 Å². The first-order chi connectivity index (χ1) is 15.7. The number of carbonyl (C=O) groups excluding carboxylic acids is 1. The molecule has 158 valence electrons. The van der Waals surface area contributed by atoms with Crippen LogP contribution in [0.15, 0.2) is 83.9 Å². The molecule has 0 saturated heterocycles. The van der Waals surface area contributed by atoms with Crippen molar-refractivity contribution in [3.8, 4) is 11.4 Å². The molecule has 1 aliphatic heterocycles. The van der Waals surface area contributed by atoms with E-state index in [-0.39, 0.29) is 5.91 Å². The van der Waals surface area contributed by atoms with Crippen LogP contribution in [-0.4, -0.2) is 33.5 Å². The Morgan fingerprint density at radius 1 is 0.938 bits per heavy atom. The molecule has 32 heavy (non-hydrogen) atoms. The summed E-state index contributed by atoms with van der Waals surface area (Å²) in [5.41, 5.74) is 4.12. The maximum absolute atomic E-state index is 13.1. The van der Waals surface area contributed by atoms with Crippen molar-refractivity contribution in [3.05, 3.63) is 107 Å². The molecule has 1 atom stereocenters. The molecular weight excluding hydrogens is 402 g/mol. The van der Waals surface area contributed by atoms with Gasteiger partial charge in [0.15, 0.2) is 12.0 Å². The predicted octanol–water partition coefficient (Wildman–Crippen LogP) is 3.86. The minimum absolute atomic E-state index is 0.257. The van der Waals surface area contributed by atoms with E-state index in [1.807, 2.05) is 66.1 Å². The lowest BCUT2D eigenvalue weighted by atomic mass is 10.0. The second-order valence-corrected chi connectivity index (χ2v) is 7.41. The summed E-state index contributed by atoms with van der Waals surface area (Å²) >= 11 is 0. The summed E-state index contributed by atoms with van der Waals surface area (Å²) in [6.45, 7) is 1.89. The number of para-hydroxylation sites is 1. The Hall–Kier alpha value is -4.26. The maximum Gasteiger partial charge on any atom is 0.253 e. The molecule has 0 saturated carbocycles. The number of hydrogen-bond acceptors (Lipinski definition) is 5. The van der Waals surface area contributed by atoms with Gasteiger partial charge in [0.25, 0.3) is 5.91 Å². The summed E-state index contributed by atoms with van der Waals surface area (Å²) in [5, 5.41) is 11.7. The third-order valence-corrected chi connectivity index (χ3v) is 5.42. The number of amides is 1. The van der Waals surface area contributed by atoms with Crippen molar-refractivity contribution in [1.82, 2.24) is 20.1 Å². The van der Waals surface area contributed by atoms with Gasteiger partial charge in [-0.3, -0.25) is 14.4 Å². The monoisotopic (exact) mass is 423 g/mol. The van der Waals surface area contributed by atoms with Crippen LogP contribution >= 0.6 is 0 Å². The van der Waals surface area contributed by atoms with Gasteiger partial charge < -0.3 is 10.1 Å². The Morgan fingerprint density at radius 3 is 2.41 bits per heavy atom. The van der Waals surface area contributed by atoms with Crippen LogP contribution in [0.25, 0.3) is 5.69 Å². The molecular formula is C25H21N5O2. The Balaban J connectivity index is 1.63. The van der Waals surface area contributed by atoms with Crippen LogP contribution in [0.2, 0.25) is 0 Å². The number of nitrogens with zero attached hydrogens (tertiary/aromatic N) is 4. The summed E-state index contributed by atoms with van der Waals surface area (Å²) in [4.78, 5) is 18.1. The van der Waals surface area contributed by atoms with Gasteiger partial charge in [-0.2, -0.15) is 0 Å². The summed E-state index contributed by atoms with van der Waals surface area (Å²) in [5.74, 6) is 1.71. The summed E-state index contributed by atoms with van der Waals surface area (Å²) in [6, 6.07) is 24.9. The summed E-state index contributed by atoms with van der Waals surface area (Å²) in [7, 11) is 1.59. The average Bonchev–Trinajstić information content (AvgIpc) is 3.16. The first-order valence-electron chi connectivity index (χ1n) is 10.3. The minimum atomic E-state index is -0.714. The summed E-state index contributed by atoms with van der Waals surface area (Å²) < 4.78 is 7.14. The van der Waals surface area contributed by atoms with Gasteiger partial charge in [0.05, 0.1) is 18.5 Å². The molecule has 0 aliphatic carbocycles. The van der Waals surface area contributed by atoms with Gasteiger partial charge in [-0.15, -0.1) is 10.2 Å². The average molecular weight is 423 g/mol. The second-order valence-electron chi connectivity index (χ2n) is 7.41. The zero-order valence-corrected chi connectivity index (χ0v) is 17.7. The van der Waals surface area contributed by atoms with Crippen LogP contribution in [0.5, 0.6) is 5.75 Å². The topological polar surface area (TPSA) is 81.4 Å². The van der Waals surface area contributed by atoms with Gasteiger partial charge >= 0.3 is 0 Å². The largest absolute Gasteiger partial charge is 0.497 e. The Labute approximate surface area is 185 Å². The van der Waals surface area contributed by atoms with E-state index in [0.29, 0.717) is 17.1 Å². The molecule has 0 spiro atoms. The van der Waals surface area contributed by atoms with Crippen LogP contribution in [0.3, 0.4) is 0 Å². The highest BCUT2D eigenvalue weighted by molar-refractivity contribution is 6.15. The zero-order chi connectivity index (χ0) is 22.1. The van der Waals surface area contributed by atoms with E-state index in [9.17, 15) is 4.79 Å². The third kappa shape index (κ3) is 3.43. The lowest BCUT2D eigenvalue weighted by Gasteiger charge is -2.14. The van der Waals surface area contributed by atoms with E-state index in [4.69, 9.17) is 9.73 Å². The van der Waals surface area contributed by atoms with Crippen LogP contribution in [0, 0.1) is 6.92 Å². The van der Waals surface area contributed by atoms with Gasteiger partial charge in [0.2, 0.25) is 0 Å². The van der Waals surface area contributed by atoms with Crippen molar-refractivity contribution in [3.63, 3.8) is 0 Å². The van der Waals surface area contributed by atoms with Crippen LogP contribution in [0.4, 0.5) is 0 Å². The number of hydrogen-bond donors (Lipinski definition) is 1. The quantitative estimate of drug-likeness (QED) is 0.540. The molecule has 0 radical (unpaired) electrons. The molecule has 0 bridgehead atoms. The van der Waals surface area contributed by atoms with Crippen LogP contribution < -0.4 is 10.1 Å². The van der Waals surface area contributed by atoms with Crippen LogP contribution in [-0.2, 0) is 0 Å². The molecule has 7 nitrogen and oxygen atoms in total. The Morgan fingerprint density at radius 2 is 1.66 bits per heavy atom. The van der Waals surface area contributed by atoms with Gasteiger partial charge in [0, 0.05) is 16.7 Å². The molecule has 2 heterocycles. The summed E-state index contributed by atoms with van der Waals surface area (Å²) in [6.07, 6.45) is -0.714. The fourth-order valence-electron chi connectivity index (χ4n) is 3.85. The first kappa shape index (κ1) is 19.7. The van der Waals surface area contributed by atoms with Crippen molar-refractivity contribution >= 4 is 11.6 Å². The number of carbonyl (C=O) groups is 1. The molecule has 1 N–H and O–H groups in total. The molecule has 0 fully saturated rings. The van der Waals surface area contributed by atoms with E-state index in [1.54, 1.807) is 31.4 Å². The Kier molecular flexibility index (Phi) is 4.99. The Bertz CT molecular complexity index is 1310. The van der Waals surface area contributed by atoms with Crippen LogP contribution in [0.1, 0.15) is 39.3 Å². The highest BCUT2D eigenvalue weighted by atomic mass is 16.5. The van der Waals surface area contributed by atoms with E-state index in [1.165, 1.54) is 0 Å². The number of aliphatic imine (C=N–C) groups is 1. The minimum Gasteiger partial charge on any atom is -0.497 e. The normalized spacial score (nSPS) is 14.6. The fourth-order valence-corrected chi connectivity index (χ4v) is 3.85. The van der Waals surface area contributed by atoms with E-state index in [2.05, 4.69) is 15.5 Å². The number of nitrogens with one attached hydrogen (secondary N) is 1. The fraction of sp³-hybridized carbons (Fsp3) is 0.120. The van der Waals surface area contributed by atoms with Crippen molar-refractivity contribution < 1.29 is 9.53 Å². The molecule has 1 unspecified atom stereocenters. The lowest BCUT2D eigenvalue weighted by molar-refractivity contribution is 0.0936. The first-order valence-corrected chi connectivity index (χ1v) is 10.3. The molecule has 1 aromatic heterocycles. The number of aryl methyl sites for hydroxylation is 1. The van der Waals surface area contributed by atoms with Gasteiger partial charge in [0.1, 0.15) is 11.6 Å². The SMILES string of the molecule is COc1ccc(C(=O)NC2N=C(c3ccccc3)c3ccccc3-n3c(C)nnc32)cc1. The number of benzene rings is 3. The third-order valence-electron chi connectivity index (χ3n) is 5.42. The smallest absolute Gasteiger partial charge is 0.253 e. The number of aromatic nitrogens is 3. The molecule has 5 rings (SSSR count). The van der Waals surface area contributed by atoms with Gasteiger partial charge in [-0.05, 0) is 37.3 Å². The lowest BCUT2D eigenvalue weighted by Crippen LogP contribution is -2.29. The maximum atomic E-state index is 13.1. The van der Waals surface area contributed by atoms with E-state index in [0.717, 1.165) is 28.4 Å². The second kappa shape index (κ2) is 8.11.